The van der Waals surface area contributed by atoms with Crippen molar-refractivity contribution in [1.82, 2.24) is 10.2 Å². The van der Waals surface area contributed by atoms with E-state index in [-0.39, 0.29) is 17.5 Å². The van der Waals surface area contributed by atoms with E-state index in [0.29, 0.717) is 5.56 Å². The van der Waals surface area contributed by atoms with Gasteiger partial charge in [-0.25, -0.2) is 0 Å². The van der Waals surface area contributed by atoms with Gasteiger partial charge in [0.1, 0.15) is 0 Å². The van der Waals surface area contributed by atoms with E-state index < -0.39 is 17.6 Å². The van der Waals surface area contributed by atoms with Crippen molar-refractivity contribution in [3.63, 3.8) is 0 Å². The largest absolute Gasteiger partial charge is 0.416 e. The van der Waals surface area contributed by atoms with E-state index in [9.17, 15) is 18.0 Å². The van der Waals surface area contributed by atoms with E-state index >= 15 is 0 Å². The van der Waals surface area contributed by atoms with Crippen LogP contribution in [0.1, 0.15) is 15.9 Å². The topological polar surface area (TPSA) is 68.0 Å². The number of hydrogen-bond acceptors (Lipinski definition) is 4. The zero-order valence-corrected chi connectivity index (χ0v) is 14.5. The normalized spacial score (nSPS) is 11.4. The highest BCUT2D eigenvalue weighted by Crippen LogP contribution is 2.29. The highest BCUT2D eigenvalue weighted by molar-refractivity contribution is 14.1. The maximum atomic E-state index is 12.7. The van der Waals surface area contributed by atoms with Crippen LogP contribution in [0.15, 0.2) is 52.9 Å². The van der Waals surface area contributed by atoms with Crippen molar-refractivity contribution in [1.29, 1.82) is 0 Å². The van der Waals surface area contributed by atoms with Crippen LogP contribution in [0.2, 0.25) is 0 Å². The third kappa shape index (κ3) is 4.16. The molecule has 0 bridgehead atoms. The molecule has 2 aromatic carbocycles. The Morgan fingerprint density at radius 2 is 1.84 bits per heavy atom. The van der Waals surface area contributed by atoms with Gasteiger partial charge >= 0.3 is 12.2 Å². The molecule has 1 heterocycles. The Kier molecular flexibility index (Phi) is 4.75. The third-order valence-corrected chi connectivity index (χ3v) is 3.84. The van der Waals surface area contributed by atoms with E-state index in [2.05, 4.69) is 38.1 Å². The molecule has 0 aliphatic rings. The molecule has 0 unspecified atom stereocenters. The lowest BCUT2D eigenvalue weighted by atomic mass is 10.1. The summed E-state index contributed by atoms with van der Waals surface area (Å²) >= 11 is 2.12. The summed E-state index contributed by atoms with van der Waals surface area (Å²) in [6, 6.07) is 11.1. The quantitative estimate of drug-likeness (QED) is 0.581. The van der Waals surface area contributed by atoms with Gasteiger partial charge in [0, 0.05) is 14.7 Å². The van der Waals surface area contributed by atoms with Crippen molar-refractivity contribution in [3.05, 3.63) is 63.2 Å². The lowest BCUT2D eigenvalue weighted by molar-refractivity contribution is -0.137. The molecule has 5 nitrogen and oxygen atoms in total. The molecule has 0 saturated heterocycles. The maximum Gasteiger partial charge on any atom is 0.416 e. The first-order chi connectivity index (χ1) is 11.8. The second kappa shape index (κ2) is 6.82. The Balaban J connectivity index is 1.78. The molecule has 0 aliphatic carbocycles. The first kappa shape index (κ1) is 17.4. The fourth-order valence-electron chi connectivity index (χ4n) is 2.02. The number of aromatic nitrogens is 2. The summed E-state index contributed by atoms with van der Waals surface area (Å²) in [5.74, 6) is -0.582. The molecule has 128 valence electrons. The van der Waals surface area contributed by atoms with Gasteiger partial charge in [0.2, 0.25) is 5.89 Å². The molecule has 1 amide bonds. The molecular weight excluding hydrogens is 450 g/mol. The zero-order valence-electron chi connectivity index (χ0n) is 12.3. The van der Waals surface area contributed by atoms with Crippen molar-refractivity contribution in [2.45, 2.75) is 6.18 Å². The summed E-state index contributed by atoms with van der Waals surface area (Å²) in [6.07, 6.45) is -4.53. The summed E-state index contributed by atoms with van der Waals surface area (Å²) in [7, 11) is 0. The van der Waals surface area contributed by atoms with Crippen molar-refractivity contribution in [2.75, 3.05) is 5.32 Å². The van der Waals surface area contributed by atoms with Crippen LogP contribution in [0.4, 0.5) is 19.2 Å². The number of nitrogens with zero attached hydrogens (tertiary/aromatic N) is 2. The molecule has 0 aliphatic heterocycles. The smallest absolute Gasteiger partial charge is 0.403 e. The molecule has 0 saturated carbocycles. The standard InChI is InChI=1S/C16H9F3IN3O2/c17-16(18,19)11-5-1-3-9(7-11)13(24)21-15-23-22-14(25-15)10-4-2-6-12(20)8-10/h1-8H,(H,21,23,24). The SMILES string of the molecule is O=C(Nc1nnc(-c2cccc(I)c2)o1)c1cccc(C(F)(F)F)c1. The van der Waals surface area contributed by atoms with Gasteiger partial charge in [0.15, 0.2) is 0 Å². The molecule has 9 heteroatoms. The minimum Gasteiger partial charge on any atom is -0.403 e. The van der Waals surface area contributed by atoms with Crippen LogP contribution in [-0.2, 0) is 6.18 Å². The van der Waals surface area contributed by atoms with Gasteiger partial charge in [-0.3, -0.25) is 10.1 Å². The zero-order chi connectivity index (χ0) is 18.0. The molecule has 1 N–H and O–H groups in total. The van der Waals surface area contributed by atoms with Crippen molar-refractivity contribution in [2.24, 2.45) is 0 Å². The lowest BCUT2D eigenvalue weighted by Gasteiger charge is -2.07. The average molecular weight is 459 g/mol. The first-order valence-corrected chi connectivity index (χ1v) is 7.99. The maximum absolute atomic E-state index is 12.7. The predicted molar refractivity (Wildman–Crippen MR) is 91.8 cm³/mol. The fourth-order valence-corrected chi connectivity index (χ4v) is 2.56. The number of carbonyl (C=O) groups excluding carboxylic acids is 1. The summed E-state index contributed by atoms with van der Waals surface area (Å²) in [5, 5.41) is 9.80. The molecule has 3 aromatic rings. The van der Waals surface area contributed by atoms with Gasteiger partial charge in [-0.15, -0.1) is 5.10 Å². The van der Waals surface area contributed by atoms with Gasteiger partial charge in [0.25, 0.3) is 5.91 Å². The van der Waals surface area contributed by atoms with Crippen LogP contribution in [-0.4, -0.2) is 16.1 Å². The van der Waals surface area contributed by atoms with Crippen molar-refractivity contribution in [3.8, 4) is 11.5 Å². The number of rotatable bonds is 3. The second-order valence-corrected chi connectivity index (χ2v) is 6.20. The minimum absolute atomic E-state index is 0.163. The Bertz CT molecular complexity index is 925. The van der Waals surface area contributed by atoms with Crippen LogP contribution in [0, 0.1) is 3.57 Å². The molecule has 0 radical (unpaired) electrons. The second-order valence-electron chi connectivity index (χ2n) is 4.96. The number of amides is 1. The highest BCUT2D eigenvalue weighted by atomic mass is 127. The molecule has 1 aromatic heterocycles. The van der Waals surface area contributed by atoms with Gasteiger partial charge < -0.3 is 4.42 Å². The van der Waals surface area contributed by atoms with Crippen LogP contribution >= 0.6 is 22.6 Å². The van der Waals surface area contributed by atoms with Crippen LogP contribution in [0.5, 0.6) is 0 Å². The summed E-state index contributed by atoms with van der Waals surface area (Å²) in [4.78, 5) is 12.1. The minimum atomic E-state index is -4.53. The Hall–Kier alpha value is -2.43. The van der Waals surface area contributed by atoms with E-state index in [4.69, 9.17) is 4.42 Å². The molecule has 0 atom stereocenters. The highest BCUT2D eigenvalue weighted by Gasteiger charge is 2.31. The van der Waals surface area contributed by atoms with Crippen molar-refractivity contribution < 1.29 is 22.4 Å². The summed E-state index contributed by atoms with van der Waals surface area (Å²) in [5.41, 5.74) is -0.409. The van der Waals surface area contributed by atoms with Gasteiger partial charge in [0.05, 0.1) is 5.56 Å². The number of carbonyl (C=O) groups is 1. The summed E-state index contributed by atoms with van der Waals surface area (Å²) in [6.45, 7) is 0. The fraction of sp³-hybridized carbons (Fsp3) is 0.0625. The molecule has 3 rings (SSSR count). The van der Waals surface area contributed by atoms with E-state index in [1.807, 2.05) is 18.2 Å². The number of nitrogens with one attached hydrogen (secondary N) is 1. The van der Waals surface area contributed by atoms with Gasteiger partial charge in [-0.1, -0.05) is 17.2 Å². The van der Waals surface area contributed by atoms with Crippen LogP contribution in [0.3, 0.4) is 0 Å². The Labute approximate surface area is 153 Å². The first-order valence-electron chi connectivity index (χ1n) is 6.91. The molecule has 0 spiro atoms. The number of halogens is 4. The molecular formula is C16H9F3IN3O2. The van der Waals surface area contributed by atoms with Crippen molar-refractivity contribution >= 4 is 34.5 Å². The number of benzene rings is 2. The number of hydrogen-bond donors (Lipinski definition) is 1. The predicted octanol–water partition coefficient (Wildman–Crippen LogP) is 4.61. The van der Waals surface area contributed by atoms with Gasteiger partial charge in [-0.2, -0.15) is 13.2 Å². The van der Waals surface area contributed by atoms with Crippen LogP contribution in [0.25, 0.3) is 11.5 Å². The third-order valence-electron chi connectivity index (χ3n) is 3.17. The molecule has 0 fully saturated rings. The van der Waals surface area contributed by atoms with Gasteiger partial charge in [-0.05, 0) is 59.0 Å². The summed E-state index contributed by atoms with van der Waals surface area (Å²) < 4.78 is 44.4. The monoisotopic (exact) mass is 459 g/mol. The van der Waals surface area contributed by atoms with Crippen LogP contribution < -0.4 is 5.32 Å². The van der Waals surface area contributed by atoms with E-state index in [1.54, 1.807) is 6.07 Å². The van der Waals surface area contributed by atoms with E-state index in [1.165, 1.54) is 6.07 Å². The van der Waals surface area contributed by atoms with E-state index in [0.717, 1.165) is 21.8 Å². The number of anilines is 1. The average Bonchev–Trinajstić information content (AvgIpc) is 3.03. The Morgan fingerprint density at radius 3 is 2.56 bits per heavy atom. The lowest BCUT2D eigenvalue weighted by Crippen LogP contribution is -2.14. The number of alkyl halides is 3. The molecule has 25 heavy (non-hydrogen) atoms. The Morgan fingerprint density at radius 1 is 1.08 bits per heavy atom.